The SMILES string of the molecule is Cc1ccc(I)cc1NCC(F)(F)F. The Kier molecular flexibility index (Phi) is 3.63. The minimum Gasteiger partial charge on any atom is -0.376 e. The Morgan fingerprint density at radius 3 is 2.57 bits per heavy atom. The van der Waals surface area contributed by atoms with Crippen LogP contribution in [-0.4, -0.2) is 12.7 Å². The summed E-state index contributed by atoms with van der Waals surface area (Å²) in [6.07, 6.45) is -4.17. The normalized spacial score (nSPS) is 11.5. The summed E-state index contributed by atoms with van der Waals surface area (Å²) in [5.41, 5.74) is 1.35. The van der Waals surface area contributed by atoms with E-state index in [2.05, 4.69) is 27.9 Å². The maximum Gasteiger partial charge on any atom is 0.405 e. The van der Waals surface area contributed by atoms with Crippen molar-refractivity contribution in [3.63, 3.8) is 0 Å². The fourth-order valence-corrected chi connectivity index (χ4v) is 1.47. The molecule has 0 aromatic heterocycles. The molecular weight excluding hydrogens is 306 g/mol. The average Bonchev–Trinajstić information content (AvgIpc) is 2.05. The van der Waals surface area contributed by atoms with Crippen molar-refractivity contribution in [1.82, 2.24) is 0 Å². The van der Waals surface area contributed by atoms with Crippen molar-refractivity contribution in [2.75, 3.05) is 11.9 Å². The smallest absolute Gasteiger partial charge is 0.376 e. The summed E-state index contributed by atoms with van der Waals surface area (Å²) in [4.78, 5) is 0. The quantitative estimate of drug-likeness (QED) is 0.823. The highest BCUT2D eigenvalue weighted by Gasteiger charge is 2.26. The Balaban J connectivity index is 2.72. The lowest BCUT2D eigenvalue weighted by molar-refractivity contribution is -0.115. The number of rotatable bonds is 2. The maximum absolute atomic E-state index is 11.9. The first-order valence-corrected chi connectivity index (χ1v) is 5.03. The van der Waals surface area contributed by atoms with E-state index < -0.39 is 12.7 Å². The largest absolute Gasteiger partial charge is 0.405 e. The number of nitrogens with one attached hydrogen (secondary N) is 1. The Hall–Kier alpha value is -0.460. The molecule has 78 valence electrons. The topological polar surface area (TPSA) is 12.0 Å². The molecule has 0 amide bonds. The van der Waals surface area contributed by atoms with Crippen molar-refractivity contribution < 1.29 is 13.2 Å². The van der Waals surface area contributed by atoms with Gasteiger partial charge in [0.25, 0.3) is 0 Å². The Morgan fingerprint density at radius 1 is 1.36 bits per heavy atom. The molecule has 1 N–H and O–H groups in total. The third kappa shape index (κ3) is 3.73. The summed E-state index contributed by atoms with van der Waals surface area (Å²) < 4.78 is 36.6. The number of halogens is 4. The molecule has 0 bridgehead atoms. The Morgan fingerprint density at radius 2 is 2.00 bits per heavy atom. The maximum atomic E-state index is 11.9. The summed E-state index contributed by atoms with van der Waals surface area (Å²) >= 11 is 2.06. The van der Waals surface area contributed by atoms with Gasteiger partial charge in [-0.25, -0.2) is 0 Å². The van der Waals surface area contributed by atoms with Crippen LogP contribution in [0.4, 0.5) is 18.9 Å². The number of hydrogen-bond acceptors (Lipinski definition) is 1. The molecule has 14 heavy (non-hydrogen) atoms. The van der Waals surface area contributed by atoms with E-state index in [9.17, 15) is 13.2 Å². The summed E-state index contributed by atoms with van der Waals surface area (Å²) in [5, 5.41) is 2.36. The van der Waals surface area contributed by atoms with Crippen LogP contribution in [0.2, 0.25) is 0 Å². The molecule has 1 rings (SSSR count). The van der Waals surface area contributed by atoms with Crippen molar-refractivity contribution in [3.05, 3.63) is 27.3 Å². The van der Waals surface area contributed by atoms with Gasteiger partial charge in [0, 0.05) is 9.26 Å². The van der Waals surface area contributed by atoms with E-state index in [4.69, 9.17) is 0 Å². The number of alkyl halides is 3. The average molecular weight is 315 g/mol. The zero-order chi connectivity index (χ0) is 10.8. The van der Waals surface area contributed by atoms with Crippen LogP contribution >= 0.6 is 22.6 Å². The first kappa shape index (κ1) is 11.6. The van der Waals surface area contributed by atoms with Crippen LogP contribution in [0.1, 0.15) is 5.56 Å². The second kappa shape index (κ2) is 4.37. The molecule has 0 atom stereocenters. The summed E-state index contributed by atoms with van der Waals surface area (Å²) in [6, 6.07) is 5.34. The lowest BCUT2D eigenvalue weighted by Crippen LogP contribution is -2.21. The standard InChI is InChI=1S/C9H9F3IN/c1-6-2-3-7(13)4-8(6)14-5-9(10,11)12/h2-4,14H,5H2,1H3. The highest BCUT2D eigenvalue weighted by Crippen LogP contribution is 2.21. The van der Waals surface area contributed by atoms with Crippen LogP contribution in [-0.2, 0) is 0 Å². The molecule has 0 aliphatic heterocycles. The Labute approximate surface area is 93.8 Å². The molecule has 0 heterocycles. The highest BCUT2D eigenvalue weighted by atomic mass is 127. The summed E-state index contributed by atoms with van der Waals surface area (Å²) in [5.74, 6) is 0. The molecule has 0 radical (unpaired) electrons. The van der Waals surface area contributed by atoms with Gasteiger partial charge in [-0.3, -0.25) is 0 Å². The summed E-state index contributed by atoms with van der Waals surface area (Å²) in [6.45, 7) is 0.780. The fraction of sp³-hybridized carbons (Fsp3) is 0.333. The highest BCUT2D eigenvalue weighted by molar-refractivity contribution is 14.1. The monoisotopic (exact) mass is 315 g/mol. The molecule has 0 unspecified atom stereocenters. The zero-order valence-electron chi connectivity index (χ0n) is 7.45. The van der Waals surface area contributed by atoms with Crippen LogP contribution in [0.25, 0.3) is 0 Å². The van der Waals surface area contributed by atoms with Gasteiger partial charge in [0.2, 0.25) is 0 Å². The summed E-state index contributed by atoms with van der Waals surface area (Å²) in [7, 11) is 0. The first-order valence-electron chi connectivity index (χ1n) is 3.95. The fourth-order valence-electron chi connectivity index (χ4n) is 0.980. The van der Waals surface area contributed by atoms with Crippen LogP contribution < -0.4 is 5.32 Å². The number of benzene rings is 1. The molecule has 1 nitrogen and oxygen atoms in total. The van der Waals surface area contributed by atoms with Crippen LogP contribution in [0.5, 0.6) is 0 Å². The zero-order valence-corrected chi connectivity index (χ0v) is 9.61. The van der Waals surface area contributed by atoms with Gasteiger partial charge in [-0.05, 0) is 47.2 Å². The third-order valence-corrected chi connectivity index (χ3v) is 2.35. The van der Waals surface area contributed by atoms with Gasteiger partial charge in [-0.1, -0.05) is 6.07 Å². The van der Waals surface area contributed by atoms with Crippen molar-refractivity contribution in [2.45, 2.75) is 13.1 Å². The predicted octanol–water partition coefficient (Wildman–Crippen LogP) is 3.57. The van der Waals surface area contributed by atoms with Gasteiger partial charge in [-0.2, -0.15) is 13.2 Å². The lowest BCUT2D eigenvalue weighted by Gasteiger charge is -2.11. The Bertz CT molecular complexity index is 322. The van der Waals surface area contributed by atoms with Gasteiger partial charge in [0.15, 0.2) is 0 Å². The lowest BCUT2D eigenvalue weighted by atomic mass is 10.2. The van der Waals surface area contributed by atoms with E-state index in [0.29, 0.717) is 5.69 Å². The van der Waals surface area contributed by atoms with E-state index in [1.165, 1.54) is 0 Å². The predicted molar refractivity (Wildman–Crippen MR) is 58.4 cm³/mol. The van der Waals surface area contributed by atoms with Crippen molar-refractivity contribution in [3.8, 4) is 0 Å². The third-order valence-electron chi connectivity index (χ3n) is 1.68. The van der Waals surface area contributed by atoms with E-state index in [0.717, 1.165) is 9.13 Å². The minimum atomic E-state index is -4.17. The molecule has 0 fully saturated rings. The molecule has 0 aliphatic rings. The van der Waals surface area contributed by atoms with Crippen molar-refractivity contribution in [1.29, 1.82) is 0 Å². The molecule has 0 spiro atoms. The molecule has 0 saturated heterocycles. The van der Waals surface area contributed by atoms with E-state index in [1.807, 2.05) is 6.07 Å². The van der Waals surface area contributed by atoms with Crippen LogP contribution in [0.3, 0.4) is 0 Å². The number of hydrogen-bond donors (Lipinski definition) is 1. The second-order valence-corrected chi connectivity index (χ2v) is 4.17. The van der Waals surface area contributed by atoms with Crippen molar-refractivity contribution in [2.24, 2.45) is 0 Å². The number of aryl methyl sites for hydroxylation is 1. The van der Waals surface area contributed by atoms with Gasteiger partial charge >= 0.3 is 6.18 Å². The molecule has 5 heteroatoms. The van der Waals surface area contributed by atoms with Crippen LogP contribution in [0, 0.1) is 10.5 Å². The van der Waals surface area contributed by atoms with Gasteiger partial charge < -0.3 is 5.32 Å². The van der Waals surface area contributed by atoms with Gasteiger partial charge in [0.05, 0.1) is 0 Å². The van der Waals surface area contributed by atoms with Crippen LogP contribution in [0.15, 0.2) is 18.2 Å². The second-order valence-electron chi connectivity index (χ2n) is 2.93. The van der Waals surface area contributed by atoms with Crippen molar-refractivity contribution >= 4 is 28.3 Å². The van der Waals surface area contributed by atoms with Gasteiger partial charge in [-0.15, -0.1) is 0 Å². The van der Waals surface area contributed by atoms with Gasteiger partial charge in [0.1, 0.15) is 6.54 Å². The molecule has 0 saturated carbocycles. The molecule has 1 aromatic rings. The molecule has 0 aliphatic carbocycles. The molecule has 1 aromatic carbocycles. The first-order chi connectivity index (χ1) is 6.38. The molecular formula is C9H9F3IN. The van der Waals surface area contributed by atoms with E-state index >= 15 is 0 Å². The van der Waals surface area contributed by atoms with E-state index in [1.54, 1.807) is 19.1 Å². The number of anilines is 1. The minimum absolute atomic E-state index is 0.536. The van der Waals surface area contributed by atoms with E-state index in [-0.39, 0.29) is 0 Å².